The van der Waals surface area contributed by atoms with Crippen molar-refractivity contribution < 1.29 is 23.8 Å². The highest BCUT2D eigenvalue weighted by Crippen LogP contribution is 2.32. The second-order valence-corrected chi connectivity index (χ2v) is 7.07. The zero-order chi connectivity index (χ0) is 22.4. The maximum atomic E-state index is 13.2. The van der Waals surface area contributed by atoms with E-state index in [1.54, 1.807) is 25.0 Å². The lowest BCUT2D eigenvalue weighted by Crippen LogP contribution is -2.27. The third-order valence-corrected chi connectivity index (χ3v) is 5.19. The van der Waals surface area contributed by atoms with Gasteiger partial charge in [0.05, 0.1) is 32.0 Å². The first-order valence-corrected chi connectivity index (χ1v) is 10.2. The van der Waals surface area contributed by atoms with E-state index in [9.17, 15) is 9.59 Å². The standard InChI is InChI=1S/C25H27NO5/c1-5-31-21-12-8-19(9-13-21)16-22-23(25(28)30-4)17(2)26(24(22)27)15-14-18-6-10-20(29-3)11-7-18/h6-13,16H,5,14-15H2,1-4H3/b22-16+. The number of esters is 1. The predicted molar refractivity (Wildman–Crippen MR) is 119 cm³/mol. The first-order valence-electron chi connectivity index (χ1n) is 10.2. The number of allylic oxidation sites excluding steroid dienone is 1. The molecular formula is C25H27NO5. The fourth-order valence-corrected chi connectivity index (χ4v) is 3.52. The lowest BCUT2D eigenvalue weighted by Gasteiger charge is -2.18. The van der Waals surface area contributed by atoms with E-state index < -0.39 is 5.97 Å². The van der Waals surface area contributed by atoms with E-state index in [1.165, 1.54) is 7.11 Å². The summed E-state index contributed by atoms with van der Waals surface area (Å²) in [5.41, 5.74) is 3.12. The molecule has 1 aliphatic rings. The van der Waals surface area contributed by atoms with E-state index in [4.69, 9.17) is 14.2 Å². The molecule has 0 saturated heterocycles. The lowest BCUT2D eigenvalue weighted by atomic mass is 10.0. The highest BCUT2D eigenvalue weighted by atomic mass is 16.5. The molecule has 162 valence electrons. The summed E-state index contributed by atoms with van der Waals surface area (Å²) in [4.78, 5) is 27.3. The molecule has 3 rings (SSSR count). The molecule has 1 heterocycles. The van der Waals surface area contributed by atoms with E-state index in [0.717, 1.165) is 22.6 Å². The summed E-state index contributed by atoms with van der Waals surface area (Å²) in [5, 5.41) is 0. The molecule has 2 aromatic rings. The Balaban J connectivity index is 1.85. The van der Waals surface area contributed by atoms with Gasteiger partial charge >= 0.3 is 5.97 Å². The highest BCUT2D eigenvalue weighted by Gasteiger charge is 2.36. The van der Waals surface area contributed by atoms with Gasteiger partial charge in [0.1, 0.15) is 11.5 Å². The molecule has 0 unspecified atom stereocenters. The van der Waals surface area contributed by atoms with E-state index in [0.29, 0.717) is 36.4 Å². The van der Waals surface area contributed by atoms with Crippen LogP contribution in [0.15, 0.2) is 65.4 Å². The van der Waals surface area contributed by atoms with Crippen LogP contribution in [0.3, 0.4) is 0 Å². The van der Waals surface area contributed by atoms with Crippen molar-refractivity contribution in [2.45, 2.75) is 20.3 Å². The first-order chi connectivity index (χ1) is 15.0. The van der Waals surface area contributed by atoms with Crippen molar-refractivity contribution in [3.8, 4) is 11.5 Å². The number of benzene rings is 2. The van der Waals surface area contributed by atoms with Gasteiger partial charge in [0.15, 0.2) is 0 Å². The Bertz CT molecular complexity index is 1000. The van der Waals surface area contributed by atoms with E-state index in [2.05, 4.69) is 0 Å². The first kappa shape index (κ1) is 22.2. The van der Waals surface area contributed by atoms with Crippen molar-refractivity contribution in [2.75, 3.05) is 27.4 Å². The number of hydrogen-bond donors (Lipinski definition) is 0. The van der Waals surface area contributed by atoms with Crippen LogP contribution in [0.1, 0.15) is 25.0 Å². The van der Waals surface area contributed by atoms with Gasteiger partial charge in [0, 0.05) is 12.2 Å². The average Bonchev–Trinajstić information content (AvgIpc) is 3.02. The second-order valence-electron chi connectivity index (χ2n) is 7.07. The Morgan fingerprint density at radius 2 is 1.65 bits per heavy atom. The molecule has 0 saturated carbocycles. The molecule has 0 aromatic heterocycles. The van der Waals surface area contributed by atoms with Crippen molar-refractivity contribution in [2.24, 2.45) is 0 Å². The molecule has 0 N–H and O–H groups in total. The van der Waals surface area contributed by atoms with Crippen LogP contribution in [0.2, 0.25) is 0 Å². The largest absolute Gasteiger partial charge is 0.497 e. The molecule has 0 radical (unpaired) electrons. The van der Waals surface area contributed by atoms with Crippen molar-refractivity contribution in [3.63, 3.8) is 0 Å². The molecule has 0 aliphatic carbocycles. The van der Waals surface area contributed by atoms with Crippen LogP contribution in [0.4, 0.5) is 0 Å². The number of nitrogens with zero attached hydrogens (tertiary/aromatic N) is 1. The fraction of sp³-hybridized carbons (Fsp3) is 0.280. The molecule has 0 atom stereocenters. The van der Waals surface area contributed by atoms with Gasteiger partial charge in [0.25, 0.3) is 5.91 Å². The van der Waals surface area contributed by atoms with Crippen LogP contribution in [-0.2, 0) is 20.7 Å². The third-order valence-electron chi connectivity index (χ3n) is 5.19. The molecule has 0 fully saturated rings. The minimum Gasteiger partial charge on any atom is -0.497 e. The monoisotopic (exact) mass is 421 g/mol. The van der Waals surface area contributed by atoms with Crippen molar-refractivity contribution in [1.29, 1.82) is 0 Å². The SMILES string of the molecule is CCOc1ccc(/C=C2/C(=O)N(CCc3ccc(OC)cc3)C(C)=C2C(=O)OC)cc1. The van der Waals surface area contributed by atoms with Gasteiger partial charge in [-0.3, -0.25) is 4.79 Å². The number of amides is 1. The summed E-state index contributed by atoms with van der Waals surface area (Å²) in [6, 6.07) is 15.1. The molecule has 6 heteroatoms. The van der Waals surface area contributed by atoms with Gasteiger partial charge in [-0.25, -0.2) is 4.79 Å². The van der Waals surface area contributed by atoms with Gasteiger partial charge in [0.2, 0.25) is 0 Å². The Kier molecular flexibility index (Phi) is 7.13. The number of carbonyl (C=O) groups excluding carboxylic acids is 2. The zero-order valence-corrected chi connectivity index (χ0v) is 18.3. The number of carbonyl (C=O) groups is 2. The summed E-state index contributed by atoms with van der Waals surface area (Å²) in [6.07, 6.45) is 2.37. The smallest absolute Gasteiger partial charge is 0.340 e. The van der Waals surface area contributed by atoms with Gasteiger partial charge < -0.3 is 19.1 Å². The number of ether oxygens (including phenoxy) is 3. The van der Waals surface area contributed by atoms with E-state index in [1.807, 2.05) is 55.5 Å². The molecular weight excluding hydrogens is 394 g/mol. The normalized spacial score (nSPS) is 14.9. The van der Waals surface area contributed by atoms with Crippen LogP contribution >= 0.6 is 0 Å². The van der Waals surface area contributed by atoms with Gasteiger partial charge in [-0.15, -0.1) is 0 Å². The van der Waals surface area contributed by atoms with Crippen LogP contribution in [0.5, 0.6) is 11.5 Å². The Labute approximate surface area is 182 Å². The van der Waals surface area contributed by atoms with E-state index in [-0.39, 0.29) is 5.91 Å². The quantitative estimate of drug-likeness (QED) is 0.476. The summed E-state index contributed by atoms with van der Waals surface area (Å²) in [5.74, 6) is 0.810. The molecule has 0 bridgehead atoms. The van der Waals surface area contributed by atoms with Crippen LogP contribution in [-0.4, -0.2) is 44.1 Å². The molecule has 31 heavy (non-hydrogen) atoms. The molecule has 1 aliphatic heterocycles. The summed E-state index contributed by atoms with van der Waals surface area (Å²) in [6.45, 7) is 4.73. The van der Waals surface area contributed by atoms with Crippen LogP contribution in [0, 0.1) is 0 Å². The molecule has 1 amide bonds. The Morgan fingerprint density at radius 3 is 2.23 bits per heavy atom. The molecule has 6 nitrogen and oxygen atoms in total. The highest BCUT2D eigenvalue weighted by molar-refractivity contribution is 6.16. The van der Waals surface area contributed by atoms with E-state index >= 15 is 0 Å². The Morgan fingerprint density at radius 1 is 1.00 bits per heavy atom. The topological polar surface area (TPSA) is 65.1 Å². The summed E-state index contributed by atoms with van der Waals surface area (Å²) in [7, 11) is 2.94. The molecule has 0 spiro atoms. The van der Waals surface area contributed by atoms with Crippen molar-refractivity contribution in [3.05, 3.63) is 76.5 Å². The van der Waals surface area contributed by atoms with Crippen LogP contribution in [0.25, 0.3) is 6.08 Å². The van der Waals surface area contributed by atoms with Crippen molar-refractivity contribution >= 4 is 18.0 Å². The number of rotatable bonds is 8. The minimum atomic E-state index is -0.519. The predicted octanol–water partition coefficient (Wildman–Crippen LogP) is 4.01. The maximum Gasteiger partial charge on any atom is 0.340 e. The average molecular weight is 421 g/mol. The number of methoxy groups -OCH3 is 2. The third kappa shape index (κ3) is 4.97. The fourth-order valence-electron chi connectivity index (χ4n) is 3.52. The van der Waals surface area contributed by atoms with Crippen molar-refractivity contribution in [1.82, 2.24) is 4.90 Å². The van der Waals surface area contributed by atoms with Gasteiger partial charge in [-0.1, -0.05) is 24.3 Å². The van der Waals surface area contributed by atoms with Gasteiger partial charge in [-0.2, -0.15) is 0 Å². The maximum absolute atomic E-state index is 13.2. The Hall–Kier alpha value is -3.54. The number of hydrogen-bond acceptors (Lipinski definition) is 5. The lowest BCUT2D eigenvalue weighted by molar-refractivity contribution is -0.136. The van der Waals surface area contributed by atoms with Crippen LogP contribution < -0.4 is 9.47 Å². The summed E-state index contributed by atoms with van der Waals surface area (Å²) < 4.78 is 15.6. The minimum absolute atomic E-state index is 0.208. The van der Waals surface area contributed by atoms with Gasteiger partial charge in [-0.05, 0) is 61.7 Å². The second kappa shape index (κ2) is 9.98. The zero-order valence-electron chi connectivity index (χ0n) is 18.3. The summed E-state index contributed by atoms with van der Waals surface area (Å²) >= 11 is 0. The molecule has 2 aromatic carbocycles.